The van der Waals surface area contributed by atoms with E-state index < -0.39 is 29.0 Å². The SMILES string of the molecule is CC(C)(NC(=O)NC1(CC(=O)O)CCCC1)C(N)=O. The van der Waals surface area contributed by atoms with Crippen molar-refractivity contribution in [1.29, 1.82) is 0 Å². The van der Waals surface area contributed by atoms with Gasteiger partial charge in [0.15, 0.2) is 0 Å². The number of nitrogens with two attached hydrogens (primary N) is 1. The minimum Gasteiger partial charge on any atom is -0.481 e. The van der Waals surface area contributed by atoms with E-state index in [1.807, 2.05) is 0 Å². The maximum Gasteiger partial charge on any atom is 0.316 e. The van der Waals surface area contributed by atoms with Crippen molar-refractivity contribution in [3.63, 3.8) is 0 Å². The minimum atomic E-state index is -1.17. The Labute approximate surface area is 111 Å². The van der Waals surface area contributed by atoms with E-state index in [1.165, 1.54) is 13.8 Å². The van der Waals surface area contributed by atoms with E-state index >= 15 is 0 Å². The number of hydrogen-bond donors (Lipinski definition) is 4. The summed E-state index contributed by atoms with van der Waals surface area (Å²) in [6.45, 7) is 2.99. The van der Waals surface area contributed by atoms with Gasteiger partial charge in [-0.3, -0.25) is 9.59 Å². The molecular weight excluding hydrogens is 250 g/mol. The first-order chi connectivity index (χ1) is 8.67. The number of carbonyl (C=O) groups excluding carboxylic acids is 2. The molecule has 108 valence electrons. The highest BCUT2D eigenvalue weighted by Crippen LogP contribution is 2.32. The third kappa shape index (κ3) is 4.11. The molecule has 1 saturated carbocycles. The van der Waals surface area contributed by atoms with Crippen molar-refractivity contribution in [3.05, 3.63) is 0 Å². The van der Waals surface area contributed by atoms with Crippen LogP contribution in [0, 0.1) is 0 Å². The highest BCUT2D eigenvalue weighted by molar-refractivity contribution is 5.89. The van der Waals surface area contributed by atoms with Crippen molar-refractivity contribution in [2.24, 2.45) is 5.73 Å². The normalized spacial score (nSPS) is 17.8. The van der Waals surface area contributed by atoms with Crippen LogP contribution < -0.4 is 16.4 Å². The summed E-state index contributed by atoms with van der Waals surface area (Å²) >= 11 is 0. The highest BCUT2D eigenvalue weighted by Gasteiger charge is 2.38. The van der Waals surface area contributed by atoms with Crippen molar-refractivity contribution in [2.75, 3.05) is 0 Å². The summed E-state index contributed by atoms with van der Waals surface area (Å²) in [5.74, 6) is -1.60. The molecule has 1 aliphatic rings. The predicted molar refractivity (Wildman–Crippen MR) is 68.4 cm³/mol. The summed E-state index contributed by atoms with van der Waals surface area (Å²) in [4.78, 5) is 33.9. The fourth-order valence-electron chi connectivity index (χ4n) is 2.30. The summed E-state index contributed by atoms with van der Waals surface area (Å²) in [7, 11) is 0. The van der Waals surface area contributed by atoms with E-state index in [4.69, 9.17) is 10.8 Å². The molecule has 1 fully saturated rings. The smallest absolute Gasteiger partial charge is 0.316 e. The molecule has 0 atom stereocenters. The Morgan fingerprint density at radius 2 is 1.79 bits per heavy atom. The minimum absolute atomic E-state index is 0.114. The molecule has 5 N–H and O–H groups in total. The van der Waals surface area contributed by atoms with Crippen LogP contribution in [0.3, 0.4) is 0 Å². The summed E-state index contributed by atoms with van der Waals surface area (Å²) in [6, 6.07) is -0.563. The van der Waals surface area contributed by atoms with Gasteiger partial charge >= 0.3 is 12.0 Å². The summed E-state index contributed by atoms with van der Waals surface area (Å²) in [5, 5.41) is 14.1. The lowest BCUT2D eigenvalue weighted by Gasteiger charge is -2.31. The lowest BCUT2D eigenvalue weighted by molar-refractivity contribution is -0.138. The van der Waals surface area contributed by atoms with Crippen molar-refractivity contribution in [1.82, 2.24) is 10.6 Å². The average molecular weight is 271 g/mol. The fourth-order valence-corrected chi connectivity index (χ4v) is 2.30. The maximum absolute atomic E-state index is 11.9. The molecule has 1 rings (SSSR count). The summed E-state index contributed by atoms with van der Waals surface area (Å²) in [6.07, 6.45) is 2.91. The number of aliphatic carboxylic acids is 1. The first kappa shape index (κ1) is 15.3. The van der Waals surface area contributed by atoms with Crippen LogP contribution in [-0.2, 0) is 9.59 Å². The van der Waals surface area contributed by atoms with Crippen LogP contribution in [0.1, 0.15) is 46.0 Å². The van der Waals surface area contributed by atoms with Crippen LogP contribution in [0.25, 0.3) is 0 Å². The van der Waals surface area contributed by atoms with Crippen molar-refractivity contribution >= 4 is 17.9 Å². The Balaban J connectivity index is 2.67. The second kappa shape index (κ2) is 5.46. The largest absolute Gasteiger partial charge is 0.481 e. The van der Waals surface area contributed by atoms with Gasteiger partial charge in [-0.15, -0.1) is 0 Å². The van der Waals surface area contributed by atoms with Crippen LogP contribution in [0.4, 0.5) is 4.79 Å². The van der Waals surface area contributed by atoms with E-state index in [2.05, 4.69) is 10.6 Å². The number of amides is 3. The van der Waals surface area contributed by atoms with Gasteiger partial charge in [-0.1, -0.05) is 12.8 Å². The van der Waals surface area contributed by atoms with Gasteiger partial charge in [0.2, 0.25) is 5.91 Å². The Bertz CT molecular complexity index is 386. The number of nitrogens with one attached hydrogen (secondary N) is 2. The molecule has 3 amide bonds. The molecule has 7 nitrogen and oxygen atoms in total. The van der Waals surface area contributed by atoms with Crippen LogP contribution in [0.5, 0.6) is 0 Å². The molecule has 0 saturated heterocycles. The van der Waals surface area contributed by atoms with E-state index in [-0.39, 0.29) is 6.42 Å². The van der Waals surface area contributed by atoms with E-state index in [9.17, 15) is 14.4 Å². The summed E-state index contributed by atoms with van der Waals surface area (Å²) in [5.41, 5.74) is 3.27. The Morgan fingerprint density at radius 1 is 1.26 bits per heavy atom. The van der Waals surface area contributed by atoms with Gasteiger partial charge in [-0.2, -0.15) is 0 Å². The van der Waals surface area contributed by atoms with Gasteiger partial charge in [-0.05, 0) is 26.7 Å². The van der Waals surface area contributed by atoms with Crippen molar-refractivity contribution < 1.29 is 19.5 Å². The topological polar surface area (TPSA) is 122 Å². The number of carboxylic acids is 1. The van der Waals surface area contributed by atoms with E-state index in [1.54, 1.807) is 0 Å². The molecule has 0 heterocycles. The number of primary amides is 1. The lowest BCUT2D eigenvalue weighted by Crippen LogP contribution is -2.59. The van der Waals surface area contributed by atoms with Crippen LogP contribution in [0.15, 0.2) is 0 Å². The monoisotopic (exact) mass is 271 g/mol. The third-order valence-electron chi connectivity index (χ3n) is 3.47. The first-order valence-corrected chi connectivity index (χ1v) is 6.29. The van der Waals surface area contributed by atoms with Crippen LogP contribution in [-0.4, -0.2) is 34.1 Å². The molecular formula is C12H21N3O4. The molecule has 0 aromatic carbocycles. The quantitative estimate of drug-likeness (QED) is 0.575. The zero-order chi connectivity index (χ0) is 14.7. The Morgan fingerprint density at radius 3 is 2.21 bits per heavy atom. The van der Waals surface area contributed by atoms with Crippen LogP contribution in [0.2, 0.25) is 0 Å². The molecule has 0 aliphatic heterocycles. The molecule has 1 aliphatic carbocycles. The molecule has 0 radical (unpaired) electrons. The molecule has 0 unspecified atom stereocenters. The molecule has 0 bridgehead atoms. The Kier molecular flexibility index (Phi) is 4.39. The van der Waals surface area contributed by atoms with E-state index in [0.717, 1.165) is 12.8 Å². The lowest BCUT2D eigenvalue weighted by atomic mass is 9.93. The van der Waals surface area contributed by atoms with Gasteiger partial charge in [-0.25, -0.2) is 4.79 Å². The number of hydrogen-bond acceptors (Lipinski definition) is 3. The Hall–Kier alpha value is -1.79. The van der Waals surface area contributed by atoms with Gasteiger partial charge in [0.05, 0.1) is 12.0 Å². The fraction of sp³-hybridized carbons (Fsp3) is 0.750. The molecule has 0 aromatic heterocycles. The van der Waals surface area contributed by atoms with Crippen molar-refractivity contribution in [3.8, 4) is 0 Å². The first-order valence-electron chi connectivity index (χ1n) is 6.29. The number of carboxylic acid groups (broad SMARTS) is 1. The highest BCUT2D eigenvalue weighted by atomic mass is 16.4. The van der Waals surface area contributed by atoms with E-state index in [0.29, 0.717) is 12.8 Å². The third-order valence-corrected chi connectivity index (χ3v) is 3.47. The second-order valence-electron chi connectivity index (χ2n) is 5.63. The second-order valence-corrected chi connectivity index (χ2v) is 5.63. The van der Waals surface area contributed by atoms with Gasteiger partial charge in [0.1, 0.15) is 5.54 Å². The molecule has 7 heteroatoms. The predicted octanol–water partition coefficient (Wildman–Crippen LogP) is 0.337. The van der Waals surface area contributed by atoms with Gasteiger partial charge in [0, 0.05) is 0 Å². The molecule has 0 spiro atoms. The van der Waals surface area contributed by atoms with Gasteiger partial charge < -0.3 is 21.5 Å². The zero-order valence-electron chi connectivity index (χ0n) is 11.3. The molecule has 0 aromatic rings. The van der Waals surface area contributed by atoms with Crippen LogP contribution >= 0.6 is 0 Å². The van der Waals surface area contributed by atoms with Crippen molar-refractivity contribution in [2.45, 2.75) is 57.0 Å². The maximum atomic E-state index is 11.9. The summed E-state index contributed by atoms with van der Waals surface area (Å²) < 4.78 is 0. The standard InChI is InChI=1S/C12H21N3O4/c1-11(2,9(13)18)14-10(19)15-12(7-8(16)17)5-3-4-6-12/h3-7H2,1-2H3,(H2,13,18)(H,16,17)(H2,14,15,19). The number of carbonyl (C=O) groups is 3. The average Bonchev–Trinajstić information content (AvgIpc) is 2.63. The molecule has 19 heavy (non-hydrogen) atoms. The number of rotatable bonds is 5. The number of urea groups is 1. The zero-order valence-corrected chi connectivity index (χ0v) is 11.3. The van der Waals surface area contributed by atoms with Gasteiger partial charge in [0.25, 0.3) is 0 Å².